The lowest BCUT2D eigenvalue weighted by molar-refractivity contribution is -0.0896. The van der Waals surface area contributed by atoms with Gasteiger partial charge in [-0.1, -0.05) is 43.9 Å². The van der Waals surface area contributed by atoms with Gasteiger partial charge in [0.1, 0.15) is 6.26 Å². The molecule has 1 atom stereocenters. The first-order valence-electron chi connectivity index (χ1n) is 9.35. The number of rotatable bonds is 6. The fourth-order valence-electron chi connectivity index (χ4n) is 3.81. The Hall–Kier alpha value is -1.53. The summed E-state index contributed by atoms with van der Waals surface area (Å²) in [5, 5.41) is 3.48. The summed E-state index contributed by atoms with van der Waals surface area (Å²) in [7, 11) is -3.73. The molecule has 1 N–H and O–H groups in total. The van der Waals surface area contributed by atoms with Crippen molar-refractivity contribution in [3.05, 3.63) is 41.8 Å². The average molecular weight is 380 g/mol. The van der Waals surface area contributed by atoms with Gasteiger partial charge in [-0.2, -0.15) is 8.42 Å². The van der Waals surface area contributed by atoms with Crippen molar-refractivity contribution in [1.29, 1.82) is 0 Å². The second kappa shape index (κ2) is 7.24. The van der Waals surface area contributed by atoms with E-state index in [0.29, 0.717) is 6.42 Å². The Morgan fingerprint density at radius 1 is 1.12 bits per heavy atom. The maximum atomic E-state index is 12.2. The van der Waals surface area contributed by atoms with Crippen molar-refractivity contribution in [3.8, 4) is 0 Å². The zero-order valence-corrected chi connectivity index (χ0v) is 16.7. The molecule has 0 bridgehead atoms. The molecule has 0 amide bonds. The van der Waals surface area contributed by atoms with E-state index in [1.165, 1.54) is 19.3 Å². The minimum Gasteiger partial charge on any atom is -0.474 e. The third-order valence-electron chi connectivity index (χ3n) is 5.86. The lowest BCUT2D eigenvalue weighted by atomic mass is 9.69. The molecule has 1 fully saturated rings. The number of benzene rings is 1. The van der Waals surface area contributed by atoms with Crippen LogP contribution in [-0.4, -0.2) is 20.7 Å². The van der Waals surface area contributed by atoms with Crippen molar-refractivity contribution in [3.63, 3.8) is 0 Å². The van der Waals surface area contributed by atoms with E-state index in [0.717, 1.165) is 24.1 Å². The van der Waals surface area contributed by atoms with E-state index in [1.807, 2.05) is 6.92 Å². The molecular weight excluding hydrogens is 350 g/mol. The van der Waals surface area contributed by atoms with Crippen molar-refractivity contribution in [2.45, 2.75) is 69.9 Å². The van der Waals surface area contributed by atoms with E-state index >= 15 is 0 Å². The average Bonchev–Trinajstić information content (AvgIpc) is 2.99. The van der Waals surface area contributed by atoms with Crippen LogP contribution >= 0.6 is 0 Å². The van der Waals surface area contributed by atoms with Crippen LogP contribution in [0, 0.1) is 12.3 Å². The Morgan fingerprint density at radius 3 is 2.42 bits per heavy atom. The van der Waals surface area contributed by atoms with Gasteiger partial charge in [0.05, 0.1) is 17.2 Å². The Kier molecular flexibility index (Phi) is 5.35. The first-order chi connectivity index (χ1) is 12.2. The van der Waals surface area contributed by atoms with Gasteiger partial charge in [-0.05, 0) is 38.8 Å². The van der Waals surface area contributed by atoms with E-state index in [1.54, 1.807) is 30.5 Å². The maximum Gasteiger partial charge on any atom is 0.296 e. The first-order valence-corrected chi connectivity index (χ1v) is 10.8. The van der Waals surface area contributed by atoms with Gasteiger partial charge in [0.25, 0.3) is 10.1 Å². The van der Waals surface area contributed by atoms with Gasteiger partial charge in [0.15, 0.2) is 5.72 Å². The summed E-state index contributed by atoms with van der Waals surface area (Å²) < 4.78 is 35.7. The maximum absolute atomic E-state index is 12.2. The van der Waals surface area contributed by atoms with Gasteiger partial charge >= 0.3 is 0 Å². The zero-order chi connectivity index (χ0) is 18.8. The van der Waals surface area contributed by atoms with Crippen LogP contribution in [0.15, 0.2) is 41.1 Å². The quantitative estimate of drug-likeness (QED) is 0.749. The van der Waals surface area contributed by atoms with E-state index in [4.69, 9.17) is 8.92 Å². The molecule has 3 rings (SSSR count). The molecule has 144 valence electrons. The number of hydrogen-bond donors (Lipinski definition) is 1. The van der Waals surface area contributed by atoms with Crippen molar-refractivity contribution in [2.24, 2.45) is 5.41 Å². The molecular formula is C20H29NO4S. The van der Waals surface area contributed by atoms with Crippen LogP contribution in [-0.2, 0) is 19.0 Å². The van der Waals surface area contributed by atoms with Gasteiger partial charge in [0, 0.05) is 11.8 Å². The monoisotopic (exact) mass is 379 g/mol. The van der Waals surface area contributed by atoms with Gasteiger partial charge in [-0.3, -0.25) is 4.18 Å². The Morgan fingerprint density at radius 2 is 1.77 bits per heavy atom. The Labute approximate surface area is 156 Å². The van der Waals surface area contributed by atoms with Crippen molar-refractivity contribution < 1.29 is 17.3 Å². The fourth-order valence-corrected chi connectivity index (χ4v) is 4.72. The first kappa shape index (κ1) is 19.2. The van der Waals surface area contributed by atoms with Gasteiger partial charge in [-0.15, -0.1) is 0 Å². The lowest BCUT2D eigenvalue weighted by Crippen LogP contribution is -2.53. The number of nitrogens with one attached hydrogen (secondary N) is 1. The van der Waals surface area contributed by atoms with Gasteiger partial charge in [-0.25, -0.2) is 0 Å². The molecule has 1 aliphatic carbocycles. The zero-order valence-electron chi connectivity index (χ0n) is 15.9. The summed E-state index contributed by atoms with van der Waals surface area (Å²) >= 11 is 0. The molecule has 26 heavy (non-hydrogen) atoms. The van der Waals surface area contributed by atoms with Crippen LogP contribution in [0.25, 0.3) is 0 Å². The predicted molar refractivity (Wildman–Crippen MR) is 101 cm³/mol. The van der Waals surface area contributed by atoms with Crippen molar-refractivity contribution in [1.82, 2.24) is 5.32 Å². The topological polar surface area (TPSA) is 64.6 Å². The summed E-state index contributed by atoms with van der Waals surface area (Å²) in [6.07, 6.45) is 8.20. The van der Waals surface area contributed by atoms with Crippen LogP contribution in [0.2, 0.25) is 0 Å². The van der Waals surface area contributed by atoms with Crippen LogP contribution in [0.3, 0.4) is 0 Å². The molecule has 0 saturated heterocycles. The molecule has 1 heterocycles. The highest BCUT2D eigenvalue weighted by Crippen LogP contribution is 2.47. The molecule has 6 heteroatoms. The Balaban J connectivity index is 1.54. The van der Waals surface area contributed by atoms with E-state index in [-0.39, 0.29) is 16.9 Å². The molecule has 1 saturated carbocycles. The van der Waals surface area contributed by atoms with Crippen LogP contribution in [0.1, 0.15) is 57.9 Å². The van der Waals surface area contributed by atoms with Crippen molar-refractivity contribution >= 4 is 10.1 Å². The van der Waals surface area contributed by atoms with E-state index in [2.05, 4.69) is 19.2 Å². The minimum atomic E-state index is -3.73. The summed E-state index contributed by atoms with van der Waals surface area (Å²) in [6, 6.07) is 6.67. The molecule has 0 aromatic heterocycles. The molecule has 1 aromatic carbocycles. The van der Waals surface area contributed by atoms with Crippen LogP contribution < -0.4 is 5.32 Å². The predicted octanol–water partition coefficient (Wildman–Crippen LogP) is 4.24. The third kappa shape index (κ3) is 3.91. The normalized spacial score (nSPS) is 25.3. The molecule has 5 nitrogen and oxygen atoms in total. The standard InChI is InChI=1S/C20H29NO4S/c1-16-7-9-18(10-8-16)26(22,23)25-14-11-17-15-24-20(3,21-17)19(2)12-5-4-6-13-19/h7-10,15,21H,4-6,11-14H2,1-3H3/t20-/m0/s1. The highest BCUT2D eigenvalue weighted by Gasteiger charge is 2.49. The van der Waals surface area contributed by atoms with Gasteiger partial charge in [0.2, 0.25) is 0 Å². The number of hydrogen-bond acceptors (Lipinski definition) is 5. The largest absolute Gasteiger partial charge is 0.474 e. The smallest absolute Gasteiger partial charge is 0.296 e. The summed E-state index contributed by atoms with van der Waals surface area (Å²) in [4.78, 5) is 0.187. The third-order valence-corrected chi connectivity index (χ3v) is 7.19. The summed E-state index contributed by atoms with van der Waals surface area (Å²) in [5.74, 6) is 0. The highest BCUT2D eigenvalue weighted by molar-refractivity contribution is 7.86. The molecule has 0 radical (unpaired) electrons. The SMILES string of the molecule is Cc1ccc(S(=O)(=O)OCCC2=CO[C@@](C)(C3(C)CCCCC3)N2)cc1. The van der Waals surface area contributed by atoms with Gasteiger partial charge < -0.3 is 10.1 Å². The molecule has 1 aromatic rings. The summed E-state index contributed by atoms with van der Waals surface area (Å²) in [6.45, 7) is 6.37. The second-order valence-corrected chi connectivity index (χ2v) is 9.50. The minimum absolute atomic E-state index is 0.0817. The fraction of sp³-hybridized carbons (Fsp3) is 0.600. The molecule has 0 unspecified atom stereocenters. The number of aryl methyl sites for hydroxylation is 1. The lowest BCUT2D eigenvalue weighted by Gasteiger charge is -2.46. The Bertz CT molecular complexity index is 764. The van der Waals surface area contributed by atoms with E-state index < -0.39 is 15.8 Å². The highest BCUT2D eigenvalue weighted by atomic mass is 32.2. The second-order valence-electron chi connectivity index (χ2n) is 7.88. The molecule has 2 aliphatic rings. The number of ether oxygens (including phenoxy) is 1. The molecule has 1 aliphatic heterocycles. The van der Waals surface area contributed by atoms with E-state index in [9.17, 15) is 8.42 Å². The summed E-state index contributed by atoms with van der Waals surface area (Å²) in [5.41, 5.74) is 1.55. The van der Waals surface area contributed by atoms with Crippen LogP contribution in [0.5, 0.6) is 0 Å². The van der Waals surface area contributed by atoms with Crippen LogP contribution in [0.4, 0.5) is 0 Å². The molecule has 0 spiro atoms. The van der Waals surface area contributed by atoms with Crippen molar-refractivity contribution in [2.75, 3.05) is 6.61 Å².